The van der Waals surface area contributed by atoms with E-state index in [-0.39, 0.29) is 12.6 Å². The van der Waals surface area contributed by atoms with Gasteiger partial charge in [-0.15, -0.1) is 0 Å². The van der Waals surface area contributed by atoms with Gasteiger partial charge < -0.3 is 10.4 Å². The lowest BCUT2D eigenvalue weighted by Crippen LogP contribution is -2.36. The molecule has 0 aliphatic rings. The molecule has 0 saturated carbocycles. The average molecular weight is 201 g/mol. The molecular formula is C12H27NO. The van der Waals surface area contributed by atoms with Gasteiger partial charge in [0.1, 0.15) is 0 Å². The highest BCUT2D eigenvalue weighted by Crippen LogP contribution is 2.07. The molecule has 2 atom stereocenters. The third kappa shape index (κ3) is 8.52. The molecule has 0 aromatic carbocycles. The van der Waals surface area contributed by atoms with Crippen LogP contribution in [-0.4, -0.2) is 23.8 Å². The molecule has 0 aliphatic heterocycles. The van der Waals surface area contributed by atoms with Crippen molar-refractivity contribution in [1.29, 1.82) is 0 Å². The Hall–Kier alpha value is -0.0800. The van der Waals surface area contributed by atoms with Crippen LogP contribution in [0.25, 0.3) is 0 Å². The van der Waals surface area contributed by atoms with Crippen molar-refractivity contribution in [2.75, 3.05) is 6.61 Å². The Kier molecular flexibility index (Phi) is 9.42. The number of nitrogens with one attached hydrogen (secondary N) is 1. The van der Waals surface area contributed by atoms with Gasteiger partial charge in [0.2, 0.25) is 0 Å². The van der Waals surface area contributed by atoms with Crippen LogP contribution in [0, 0.1) is 0 Å². The van der Waals surface area contributed by atoms with Gasteiger partial charge in [0.25, 0.3) is 0 Å². The molecule has 2 nitrogen and oxygen atoms in total. The summed E-state index contributed by atoms with van der Waals surface area (Å²) in [5.41, 5.74) is 0. The SMILES string of the molecule is CCCCCCC[C@H](C)N[C@@H](C)CO. The van der Waals surface area contributed by atoms with E-state index < -0.39 is 0 Å². The maximum Gasteiger partial charge on any atom is 0.0582 e. The maximum absolute atomic E-state index is 8.86. The lowest BCUT2D eigenvalue weighted by atomic mass is 10.1. The Morgan fingerprint density at radius 3 is 2.21 bits per heavy atom. The molecule has 0 aromatic rings. The van der Waals surface area contributed by atoms with Gasteiger partial charge >= 0.3 is 0 Å². The Labute approximate surface area is 89.1 Å². The molecule has 0 rings (SSSR count). The Morgan fingerprint density at radius 1 is 1.00 bits per heavy atom. The Bertz CT molecular complexity index is 117. The first-order valence-corrected chi connectivity index (χ1v) is 6.07. The topological polar surface area (TPSA) is 32.3 Å². The second kappa shape index (κ2) is 9.47. The highest BCUT2D eigenvalue weighted by atomic mass is 16.3. The van der Waals surface area contributed by atoms with Gasteiger partial charge in [0.05, 0.1) is 6.61 Å². The molecule has 0 amide bonds. The summed E-state index contributed by atoms with van der Waals surface area (Å²) < 4.78 is 0. The van der Waals surface area contributed by atoms with Gasteiger partial charge in [0, 0.05) is 12.1 Å². The fraction of sp³-hybridized carbons (Fsp3) is 1.00. The molecular weight excluding hydrogens is 174 g/mol. The lowest BCUT2D eigenvalue weighted by Gasteiger charge is -2.17. The number of hydrogen-bond donors (Lipinski definition) is 2. The van der Waals surface area contributed by atoms with Crippen molar-refractivity contribution in [3.05, 3.63) is 0 Å². The predicted octanol–water partition coefficient (Wildman–Crippen LogP) is 2.71. The number of hydrogen-bond acceptors (Lipinski definition) is 2. The summed E-state index contributed by atoms with van der Waals surface area (Å²) in [4.78, 5) is 0. The molecule has 0 aromatic heterocycles. The summed E-state index contributed by atoms with van der Waals surface area (Å²) in [6.45, 7) is 6.70. The van der Waals surface area contributed by atoms with E-state index in [1.54, 1.807) is 0 Å². The predicted molar refractivity (Wildman–Crippen MR) is 62.5 cm³/mol. The summed E-state index contributed by atoms with van der Waals surface area (Å²) in [6.07, 6.45) is 7.96. The van der Waals surface area contributed by atoms with Crippen LogP contribution in [-0.2, 0) is 0 Å². The van der Waals surface area contributed by atoms with Gasteiger partial charge in [-0.3, -0.25) is 0 Å². The molecule has 2 N–H and O–H groups in total. The van der Waals surface area contributed by atoms with Crippen molar-refractivity contribution >= 4 is 0 Å². The molecule has 0 fully saturated rings. The molecule has 2 heteroatoms. The van der Waals surface area contributed by atoms with Crippen LogP contribution >= 0.6 is 0 Å². The van der Waals surface area contributed by atoms with Gasteiger partial charge in [-0.1, -0.05) is 39.0 Å². The monoisotopic (exact) mass is 201 g/mol. The minimum absolute atomic E-state index is 0.236. The van der Waals surface area contributed by atoms with Crippen molar-refractivity contribution in [2.24, 2.45) is 0 Å². The van der Waals surface area contributed by atoms with Crippen LogP contribution in [0.5, 0.6) is 0 Å². The van der Waals surface area contributed by atoms with Gasteiger partial charge in [-0.05, 0) is 20.3 Å². The number of rotatable bonds is 9. The molecule has 0 aliphatic carbocycles. The minimum Gasteiger partial charge on any atom is -0.395 e. The number of aliphatic hydroxyl groups is 1. The second-order valence-electron chi connectivity index (χ2n) is 4.35. The molecule has 86 valence electrons. The van der Waals surface area contributed by atoms with Crippen molar-refractivity contribution in [3.63, 3.8) is 0 Å². The first-order valence-electron chi connectivity index (χ1n) is 6.07. The summed E-state index contributed by atoms with van der Waals surface area (Å²) in [5.74, 6) is 0. The summed E-state index contributed by atoms with van der Waals surface area (Å²) >= 11 is 0. The zero-order valence-corrected chi connectivity index (χ0v) is 10.1. The standard InChI is InChI=1S/C12H27NO/c1-4-5-6-7-8-9-11(2)13-12(3)10-14/h11-14H,4-10H2,1-3H3/t11-,12-/m0/s1. The van der Waals surface area contributed by atoms with E-state index in [0.29, 0.717) is 6.04 Å². The average Bonchev–Trinajstić information content (AvgIpc) is 2.17. The minimum atomic E-state index is 0.236. The number of aliphatic hydroxyl groups excluding tert-OH is 1. The first-order chi connectivity index (χ1) is 6.70. The molecule has 0 unspecified atom stereocenters. The third-order valence-corrected chi connectivity index (χ3v) is 2.58. The van der Waals surface area contributed by atoms with Crippen LogP contribution in [0.1, 0.15) is 59.3 Å². The molecule has 0 radical (unpaired) electrons. The fourth-order valence-corrected chi connectivity index (χ4v) is 1.68. The highest BCUT2D eigenvalue weighted by molar-refractivity contribution is 4.66. The quantitative estimate of drug-likeness (QED) is 0.562. The molecule has 14 heavy (non-hydrogen) atoms. The van der Waals surface area contributed by atoms with E-state index in [2.05, 4.69) is 19.2 Å². The smallest absolute Gasteiger partial charge is 0.0582 e. The maximum atomic E-state index is 8.86. The van der Waals surface area contributed by atoms with E-state index in [4.69, 9.17) is 5.11 Å². The van der Waals surface area contributed by atoms with Gasteiger partial charge in [0.15, 0.2) is 0 Å². The van der Waals surface area contributed by atoms with Crippen LogP contribution in [0.4, 0.5) is 0 Å². The molecule has 0 bridgehead atoms. The third-order valence-electron chi connectivity index (χ3n) is 2.58. The van der Waals surface area contributed by atoms with E-state index in [0.717, 1.165) is 0 Å². The molecule has 0 spiro atoms. The van der Waals surface area contributed by atoms with Crippen molar-refractivity contribution in [3.8, 4) is 0 Å². The molecule has 0 saturated heterocycles. The summed E-state index contributed by atoms with van der Waals surface area (Å²) in [5, 5.41) is 12.2. The zero-order valence-electron chi connectivity index (χ0n) is 10.1. The van der Waals surface area contributed by atoms with E-state index in [1.165, 1.54) is 38.5 Å². The van der Waals surface area contributed by atoms with Crippen LogP contribution in [0.2, 0.25) is 0 Å². The highest BCUT2D eigenvalue weighted by Gasteiger charge is 2.05. The fourth-order valence-electron chi connectivity index (χ4n) is 1.68. The zero-order chi connectivity index (χ0) is 10.8. The van der Waals surface area contributed by atoms with Gasteiger partial charge in [-0.25, -0.2) is 0 Å². The van der Waals surface area contributed by atoms with Gasteiger partial charge in [-0.2, -0.15) is 0 Å². The molecule has 0 heterocycles. The van der Waals surface area contributed by atoms with E-state index in [1.807, 2.05) is 6.92 Å². The van der Waals surface area contributed by atoms with Crippen molar-refractivity contribution in [2.45, 2.75) is 71.4 Å². The van der Waals surface area contributed by atoms with Crippen LogP contribution in [0.15, 0.2) is 0 Å². The normalized spacial score (nSPS) is 15.4. The summed E-state index contributed by atoms with van der Waals surface area (Å²) in [6, 6.07) is 0.777. The van der Waals surface area contributed by atoms with Crippen molar-refractivity contribution < 1.29 is 5.11 Å². The number of unbranched alkanes of at least 4 members (excludes halogenated alkanes) is 4. The Balaban J connectivity index is 3.22. The summed E-state index contributed by atoms with van der Waals surface area (Å²) in [7, 11) is 0. The van der Waals surface area contributed by atoms with Crippen LogP contribution in [0.3, 0.4) is 0 Å². The largest absolute Gasteiger partial charge is 0.395 e. The van der Waals surface area contributed by atoms with E-state index >= 15 is 0 Å². The second-order valence-corrected chi connectivity index (χ2v) is 4.35. The Morgan fingerprint density at radius 2 is 1.64 bits per heavy atom. The van der Waals surface area contributed by atoms with E-state index in [9.17, 15) is 0 Å². The van der Waals surface area contributed by atoms with Crippen molar-refractivity contribution in [1.82, 2.24) is 5.32 Å². The lowest BCUT2D eigenvalue weighted by molar-refractivity contribution is 0.240. The first kappa shape index (κ1) is 13.9. The van der Waals surface area contributed by atoms with Crippen LogP contribution < -0.4 is 5.32 Å².